The van der Waals surface area contributed by atoms with Crippen molar-refractivity contribution in [3.63, 3.8) is 0 Å². The van der Waals surface area contributed by atoms with E-state index in [9.17, 15) is 4.39 Å². The van der Waals surface area contributed by atoms with Gasteiger partial charge in [-0.15, -0.1) is 0 Å². The molecule has 62 valence electrons. The second-order valence-electron chi connectivity index (χ2n) is 2.12. The van der Waals surface area contributed by atoms with Crippen molar-refractivity contribution in [1.29, 1.82) is 0 Å². The first kappa shape index (κ1) is 9.91. The Morgan fingerprint density at radius 1 is 1.36 bits per heavy atom. The molecule has 0 saturated heterocycles. The molecule has 0 radical (unpaired) electrons. The van der Waals surface area contributed by atoms with Crippen LogP contribution in [0.1, 0.15) is 5.56 Å². The lowest BCUT2D eigenvalue weighted by atomic mass is 10.2. The first-order valence-corrected chi connectivity index (χ1v) is 3.04. The number of aryl methyl sites for hydroxylation is 1. The zero-order valence-corrected chi connectivity index (χ0v) is 6.73. The summed E-state index contributed by atoms with van der Waals surface area (Å²) in [5.74, 6) is 0.336. The Kier molecular flexibility index (Phi) is 3.54. The highest BCUT2D eigenvalue weighted by Crippen LogP contribution is 2.14. The van der Waals surface area contributed by atoms with Crippen molar-refractivity contribution < 1.29 is 9.13 Å². The van der Waals surface area contributed by atoms with E-state index in [-0.39, 0.29) is 12.0 Å². The van der Waals surface area contributed by atoms with E-state index in [1.54, 1.807) is 19.1 Å². The van der Waals surface area contributed by atoms with Crippen LogP contribution >= 0.6 is 0 Å². The molecule has 0 aliphatic heterocycles. The molecule has 0 aliphatic rings. The molecule has 1 aromatic rings. The van der Waals surface area contributed by atoms with Crippen LogP contribution < -0.4 is 10.9 Å². The Labute approximate surface area is 65.6 Å². The third-order valence-corrected chi connectivity index (χ3v) is 1.38. The van der Waals surface area contributed by atoms with E-state index in [0.717, 1.165) is 0 Å². The van der Waals surface area contributed by atoms with Crippen LogP contribution in [0.4, 0.5) is 4.39 Å². The molecule has 3 N–H and O–H groups in total. The quantitative estimate of drug-likeness (QED) is 0.679. The van der Waals surface area contributed by atoms with Crippen LogP contribution in [0.5, 0.6) is 5.75 Å². The SMILES string of the molecule is COc1ccc(C)c(F)c1.N. The van der Waals surface area contributed by atoms with E-state index in [0.29, 0.717) is 11.3 Å². The van der Waals surface area contributed by atoms with Gasteiger partial charge in [-0.25, -0.2) is 4.39 Å². The molecule has 0 fully saturated rings. The molecule has 1 rings (SSSR count). The Balaban J connectivity index is 0.000001000. The molecular weight excluding hydrogens is 145 g/mol. The zero-order valence-electron chi connectivity index (χ0n) is 6.73. The first-order chi connectivity index (χ1) is 4.74. The third-order valence-electron chi connectivity index (χ3n) is 1.38. The first-order valence-electron chi connectivity index (χ1n) is 3.04. The van der Waals surface area contributed by atoms with Crippen LogP contribution in [0.15, 0.2) is 18.2 Å². The lowest BCUT2D eigenvalue weighted by Crippen LogP contribution is -1.85. The summed E-state index contributed by atoms with van der Waals surface area (Å²) >= 11 is 0. The molecule has 0 bridgehead atoms. The molecule has 0 atom stereocenters. The summed E-state index contributed by atoms with van der Waals surface area (Å²) in [6, 6.07) is 4.79. The van der Waals surface area contributed by atoms with Crippen molar-refractivity contribution in [3.8, 4) is 5.75 Å². The fourth-order valence-electron chi connectivity index (χ4n) is 0.701. The van der Waals surface area contributed by atoms with Crippen molar-refractivity contribution in [1.82, 2.24) is 6.15 Å². The number of halogens is 1. The average molecular weight is 157 g/mol. The number of benzene rings is 1. The van der Waals surface area contributed by atoms with Crippen LogP contribution in [-0.4, -0.2) is 7.11 Å². The summed E-state index contributed by atoms with van der Waals surface area (Å²) in [5, 5.41) is 0. The van der Waals surface area contributed by atoms with Gasteiger partial charge < -0.3 is 10.9 Å². The molecule has 0 aromatic heterocycles. The molecule has 0 aliphatic carbocycles. The third kappa shape index (κ3) is 2.20. The Hall–Kier alpha value is -1.09. The molecule has 1 aromatic carbocycles. The van der Waals surface area contributed by atoms with Gasteiger partial charge in [0.2, 0.25) is 0 Å². The molecule has 0 unspecified atom stereocenters. The molecule has 11 heavy (non-hydrogen) atoms. The molecule has 3 heteroatoms. The van der Waals surface area contributed by atoms with Crippen LogP contribution in [0.25, 0.3) is 0 Å². The van der Waals surface area contributed by atoms with Crippen molar-refractivity contribution in [2.75, 3.05) is 7.11 Å². The number of ether oxygens (including phenoxy) is 1. The van der Waals surface area contributed by atoms with E-state index >= 15 is 0 Å². The monoisotopic (exact) mass is 157 g/mol. The van der Waals surface area contributed by atoms with E-state index < -0.39 is 0 Å². The highest BCUT2D eigenvalue weighted by Gasteiger charge is 1.96. The van der Waals surface area contributed by atoms with Gasteiger partial charge in [0.1, 0.15) is 11.6 Å². The number of hydrogen-bond donors (Lipinski definition) is 1. The second kappa shape index (κ2) is 3.93. The Morgan fingerprint density at radius 3 is 2.45 bits per heavy atom. The molecule has 0 spiro atoms. The van der Waals surface area contributed by atoms with Gasteiger partial charge in [-0.1, -0.05) is 6.07 Å². The fraction of sp³-hybridized carbons (Fsp3) is 0.250. The predicted octanol–water partition coefficient (Wildman–Crippen LogP) is 2.30. The van der Waals surface area contributed by atoms with Crippen LogP contribution in [0.2, 0.25) is 0 Å². The zero-order chi connectivity index (χ0) is 7.56. The topological polar surface area (TPSA) is 44.2 Å². The average Bonchev–Trinajstić information content (AvgIpc) is 1.95. The van der Waals surface area contributed by atoms with Crippen molar-refractivity contribution in [2.45, 2.75) is 6.92 Å². The van der Waals surface area contributed by atoms with Crippen LogP contribution in [-0.2, 0) is 0 Å². The summed E-state index contributed by atoms with van der Waals surface area (Å²) in [4.78, 5) is 0. The molecular formula is C8H12FNO. The van der Waals surface area contributed by atoms with Crippen LogP contribution in [0, 0.1) is 12.7 Å². The van der Waals surface area contributed by atoms with Gasteiger partial charge in [0, 0.05) is 6.07 Å². The molecule has 0 saturated carbocycles. The van der Waals surface area contributed by atoms with Crippen molar-refractivity contribution in [3.05, 3.63) is 29.6 Å². The van der Waals surface area contributed by atoms with Gasteiger partial charge in [0.15, 0.2) is 0 Å². The van der Waals surface area contributed by atoms with E-state index in [2.05, 4.69) is 0 Å². The molecule has 0 amide bonds. The fourth-order valence-corrected chi connectivity index (χ4v) is 0.701. The van der Waals surface area contributed by atoms with Gasteiger partial charge in [0.25, 0.3) is 0 Å². The van der Waals surface area contributed by atoms with Gasteiger partial charge in [-0.3, -0.25) is 0 Å². The van der Waals surface area contributed by atoms with Gasteiger partial charge in [0.05, 0.1) is 7.11 Å². The minimum Gasteiger partial charge on any atom is -0.497 e. The van der Waals surface area contributed by atoms with E-state index in [4.69, 9.17) is 4.74 Å². The summed E-state index contributed by atoms with van der Waals surface area (Å²) in [6.07, 6.45) is 0. The maximum Gasteiger partial charge on any atom is 0.129 e. The maximum absolute atomic E-state index is 12.7. The van der Waals surface area contributed by atoms with Gasteiger partial charge >= 0.3 is 0 Å². The lowest BCUT2D eigenvalue weighted by Gasteiger charge is -1.99. The second-order valence-corrected chi connectivity index (χ2v) is 2.12. The molecule has 0 heterocycles. The van der Waals surface area contributed by atoms with E-state index in [1.165, 1.54) is 13.2 Å². The summed E-state index contributed by atoms with van der Waals surface area (Å²) < 4.78 is 17.5. The maximum atomic E-state index is 12.7. The lowest BCUT2D eigenvalue weighted by molar-refractivity contribution is 0.411. The number of rotatable bonds is 1. The molecule has 2 nitrogen and oxygen atoms in total. The minimum atomic E-state index is -0.223. The van der Waals surface area contributed by atoms with Gasteiger partial charge in [-0.2, -0.15) is 0 Å². The van der Waals surface area contributed by atoms with Gasteiger partial charge in [-0.05, 0) is 18.6 Å². The highest BCUT2D eigenvalue weighted by molar-refractivity contribution is 5.27. The smallest absolute Gasteiger partial charge is 0.129 e. The Bertz CT molecular complexity index is 238. The minimum absolute atomic E-state index is 0. The largest absolute Gasteiger partial charge is 0.497 e. The van der Waals surface area contributed by atoms with Crippen LogP contribution in [0.3, 0.4) is 0 Å². The predicted molar refractivity (Wildman–Crippen MR) is 42.7 cm³/mol. The van der Waals surface area contributed by atoms with Crippen molar-refractivity contribution >= 4 is 0 Å². The number of methoxy groups -OCH3 is 1. The number of hydrogen-bond acceptors (Lipinski definition) is 2. The standard InChI is InChI=1S/C8H9FO.H3N/c1-6-3-4-7(10-2)5-8(6)9;/h3-5H,1-2H3;1H3. The van der Waals surface area contributed by atoms with E-state index in [1.807, 2.05) is 0 Å². The Morgan fingerprint density at radius 2 is 2.00 bits per heavy atom. The summed E-state index contributed by atoms with van der Waals surface area (Å²) in [6.45, 7) is 1.72. The summed E-state index contributed by atoms with van der Waals surface area (Å²) in [5.41, 5.74) is 0.640. The normalized spacial score (nSPS) is 8.64. The summed E-state index contributed by atoms with van der Waals surface area (Å²) in [7, 11) is 1.52. The highest BCUT2D eigenvalue weighted by atomic mass is 19.1. The van der Waals surface area contributed by atoms with Crippen molar-refractivity contribution in [2.24, 2.45) is 0 Å².